The normalized spacial score (nSPS) is 17.4. The summed E-state index contributed by atoms with van der Waals surface area (Å²) in [7, 11) is -3.85. The molecular formula is C20H19F2N3O4S. The highest BCUT2D eigenvalue weighted by Crippen LogP contribution is 2.35. The van der Waals surface area contributed by atoms with Gasteiger partial charge < -0.3 is 9.26 Å². The molecule has 1 aliphatic rings. The van der Waals surface area contributed by atoms with Gasteiger partial charge in [0.2, 0.25) is 10.0 Å². The number of benzene rings is 2. The van der Waals surface area contributed by atoms with Gasteiger partial charge in [-0.2, -0.15) is 9.29 Å². The lowest BCUT2D eigenvalue weighted by atomic mass is 10.2. The Kier molecular flexibility index (Phi) is 5.52. The van der Waals surface area contributed by atoms with Crippen LogP contribution in [0.25, 0.3) is 0 Å². The molecule has 0 amide bonds. The van der Waals surface area contributed by atoms with Crippen LogP contribution < -0.4 is 4.74 Å². The van der Waals surface area contributed by atoms with Crippen LogP contribution in [0.4, 0.5) is 8.78 Å². The first-order valence-corrected chi connectivity index (χ1v) is 10.8. The summed E-state index contributed by atoms with van der Waals surface area (Å²) in [4.78, 5) is 4.30. The second kappa shape index (κ2) is 8.11. The second-order valence-electron chi connectivity index (χ2n) is 6.97. The molecule has 0 radical (unpaired) electrons. The van der Waals surface area contributed by atoms with Gasteiger partial charge in [-0.1, -0.05) is 5.16 Å². The predicted molar refractivity (Wildman–Crippen MR) is 102 cm³/mol. The van der Waals surface area contributed by atoms with Crippen molar-refractivity contribution in [3.8, 4) is 5.75 Å². The second-order valence-corrected chi connectivity index (χ2v) is 8.86. The van der Waals surface area contributed by atoms with Crippen molar-refractivity contribution in [2.24, 2.45) is 0 Å². The first-order valence-electron chi connectivity index (χ1n) is 9.33. The van der Waals surface area contributed by atoms with Crippen LogP contribution in [-0.4, -0.2) is 29.4 Å². The minimum Gasteiger partial charge on any atom is -0.484 e. The largest absolute Gasteiger partial charge is 0.484 e. The molecule has 1 atom stereocenters. The van der Waals surface area contributed by atoms with Crippen LogP contribution in [0.15, 0.2) is 51.9 Å². The number of rotatable bonds is 6. The highest BCUT2D eigenvalue weighted by atomic mass is 32.2. The molecule has 0 N–H and O–H groups in total. The van der Waals surface area contributed by atoms with E-state index in [1.165, 1.54) is 47.6 Å². The predicted octanol–water partition coefficient (Wildman–Crippen LogP) is 3.76. The molecule has 0 aliphatic carbocycles. The summed E-state index contributed by atoms with van der Waals surface area (Å²) < 4.78 is 64.7. The average Bonchev–Trinajstić information content (AvgIpc) is 3.39. The third kappa shape index (κ3) is 4.05. The fourth-order valence-electron chi connectivity index (χ4n) is 3.34. The van der Waals surface area contributed by atoms with Gasteiger partial charge in [0.25, 0.3) is 5.89 Å². The number of aryl methyl sites for hydroxylation is 1. The van der Waals surface area contributed by atoms with Gasteiger partial charge in [-0.25, -0.2) is 17.2 Å². The van der Waals surface area contributed by atoms with Crippen molar-refractivity contribution in [3.05, 3.63) is 71.4 Å². The summed E-state index contributed by atoms with van der Waals surface area (Å²) in [6.07, 6.45) is 1.18. The third-order valence-corrected chi connectivity index (χ3v) is 6.80. The van der Waals surface area contributed by atoms with Crippen molar-refractivity contribution >= 4 is 10.0 Å². The Balaban J connectivity index is 1.51. The first kappa shape index (κ1) is 20.4. The molecule has 30 heavy (non-hydrogen) atoms. The Morgan fingerprint density at radius 2 is 1.97 bits per heavy atom. The SMILES string of the molecule is Cc1cc(S(=O)(=O)N2CCCC2c2noc(COc3ccc(F)cc3)n2)ccc1F. The summed E-state index contributed by atoms with van der Waals surface area (Å²) >= 11 is 0. The third-order valence-electron chi connectivity index (χ3n) is 4.90. The zero-order valence-electron chi connectivity index (χ0n) is 16.1. The zero-order valence-corrected chi connectivity index (χ0v) is 16.9. The minimum absolute atomic E-state index is 0.0247. The monoisotopic (exact) mass is 435 g/mol. The molecule has 1 saturated heterocycles. The van der Waals surface area contributed by atoms with Gasteiger partial charge in [0, 0.05) is 6.54 Å². The van der Waals surface area contributed by atoms with Gasteiger partial charge >= 0.3 is 0 Å². The van der Waals surface area contributed by atoms with Crippen molar-refractivity contribution in [2.45, 2.75) is 37.3 Å². The summed E-state index contributed by atoms with van der Waals surface area (Å²) in [6.45, 7) is 1.79. The maximum absolute atomic E-state index is 13.6. The van der Waals surface area contributed by atoms with Gasteiger partial charge in [-0.05, 0) is 67.8 Å². The molecule has 0 bridgehead atoms. The smallest absolute Gasteiger partial charge is 0.264 e. The minimum atomic E-state index is -3.85. The Hall–Kier alpha value is -2.85. The van der Waals surface area contributed by atoms with Gasteiger partial charge in [-0.15, -0.1) is 0 Å². The molecule has 1 unspecified atom stereocenters. The van der Waals surface area contributed by atoms with E-state index in [1.807, 2.05) is 0 Å². The van der Waals surface area contributed by atoms with Crippen molar-refractivity contribution in [3.63, 3.8) is 0 Å². The van der Waals surface area contributed by atoms with E-state index >= 15 is 0 Å². The zero-order chi connectivity index (χ0) is 21.3. The van der Waals surface area contributed by atoms with Gasteiger partial charge in [-0.3, -0.25) is 0 Å². The average molecular weight is 435 g/mol. The van der Waals surface area contributed by atoms with E-state index in [2.05, 4.69) is 10.1 Å². The molecule has 0 spiro atoms. The molecule has 158 valence electrons. The molecule has 1 fully saturated rings. The molecule has 4 rings (SSSR count). The fraction of sp³-hybridized carbons (Fsp3) is 0.300. The Labute approximate surface area is 172 Å². The topological polar surface area (TPSA) is 85.5 Å². The summed E-state index contributed by atoms with van der Waals surface area (Å²) in [5.41, 5.74) is 0.256. The first-order chi connectivity index (χ1) is 14.3. The molecular weight excluding hydrogens is 416 g/mol. The molecule has 1 aliphatic heterocycles. The fourth-order valence-corrected chi connectivity index (χ4v) is 5.08. The lowest BCUT2D eigenvalue weighted by Crippen LogP contribution is -2.31. The van der Waals surface area contributed by atoms with E-state index in [0.29, 0.717) is 25.1 Å². The van der Waals surface area contributed by atoms with Crippen LogP contribution in [0.5, 0.6) is 5.75 Å². The lowest BCUT2D eigenvalue weighted by Gasteiger charge is -2.22. The van der Waals surface area contributed by atoms with Crippen LogP contribution in [0.3, 0.4) is 0 Å². The van der Waals surface area contributed by atoms with Gasteiger partial charge in [0.15, 0.2) is 12.4 Å². The molecule has 1 aromatic heterocycles. The van der Waals surface area contributed by atoms with Crippen LogP contribution in [0.1, 0.15) is 36.2 Å². The van der Waals surface area contributed by atoms with Crippen LogP contribution >= 0.6 is 0 Å². The number of aromatic nitrogens is 2. The van der Waals surface area contributed by atoms with E-state index in [-0.39, 0.29) is 34.6 Å². The Bertz CT molecular complexity index is 1150. The lowest BCUT2D eigenvalue weighted by molar-refractivity contribution is 0.241. The summed E-state index contributed by atoms with van der Waals surface area (Å²) in [5.74, 6) is 0.0221. The van der Waals surface area contributed by atoms with E-state index < -0.39 is 21.9 Å². The molecule has 2 heterocycles. The van der Waals surface area contributed by atoms with Gasteiger partial charge in [0.05, 0.1) is 10.9 Å². The highest BCUT2D eigenvalue weighted by molar-refractivity contribution is 7.89. The number of hydrogen-bond donors (Lipinski definition) is 0. The van der Waals surface area contributed by atoms with Crippen molar-refractivity contribution in [1.82, 2.24) is 14.4 Å². The van der Waals surface area contributed by atoms with E-state index in [0.717, 1.165) is 6.07 Å². The van der Waals surface area contributed by atoms with Gasteiger partial charge in [0.1, 0.15) is 17.4 Å². The standard InChI is InChI=1S/C20H19F2N3O4S/c1-13-11-16(8-9-17(13)22)30(26,27)25-10-2-3-18(25)20-23-19(29-24-20)12-28-15-6-4-14(21)5-7-15/h4-9,11,18H,2-3,10,12H2,1H3. The summed E-state index contributed by atoms with van der Waals surface area (Å²) in [6, 6.07) is 8.63. The summed E-state index contributed by atoms with van der Waals surface area (Å²) in [5, 5.41) is 3.92. The van der Waals surface area contributed by atoms with E-state index in [1.54, 1.807) is 0 Å². The van der Waals surface area contributed by atoms with Crippen LogP contribution in [-0.2, 0) is 16.6 Å². The molecule has 0 saturated carbocycles. The molecule has 10 heteroatoms. The molecule has 7 nitrogen and oxygen atoms in total. The Morgan fingerprint density at radius 3 is 2.70 bits per heavy atom. The van der Waals surface area contributed by atoms with Crippen LogP contribution in [0, 0.1) is 18.6 Å². The van der Waals surface area contributed by atoms with E-state index in [4.69, 9.17) is 9.26 Å². The molecule has 2 aromatic carbocycles. The van der Waals surface area contributed by atoms with E-state index in [9.17, 15) is 17.2 Å². The van der Waals surface area contributed by atoms with Crippen molar-refractivity contribution in [1.29, 1.82) is 0 Å². The number of sulfonamides is 1. The van der Waals surface area contributed by atoms with Crippen molar-refractivity contribution in [2.75, 3.05) is 6.54 Å². The highest BCUT2D eigenvalue weighted by Gasteiger charge is 2.39. The van der Waals surface area contributed by atoms with Crippen LogP contribution in [0.2, 0.25) is 0 Å². The maximum atomic E-state index is 13.6. The quantitative estimate of drug-likeness (QED) is 0.586. The molecule has 3 aromatic rings. The van der Waals surface area contributed by atoms with Crippen molar-refractivity contribution < 1.29 is 26.5 Å². The number of hydrogen-bond acceptors (Lipinski definition) is 6. The number of nitrogens with zero attached hydrogens (tertiary/aromatic N) is 3. The Morgan fingerprint density at radius 1 is 1.20 bits per heavy atom. The number of halogens is 2. The number of ether oxygens (including phenoxy) is 1. The maximum Gasteiger partial charge on any atom is 0.264 e.